The Morgan fingerprint density at radius 3 is 2.90 bits per heavy atom. The molecule has 0 saturated heterocycles. The van der Waals surface area contributed by atoms with E-state index < -0.39 is 0 Å². The van der Waals surface area contributed by atoms with Crippen LogP contribution in [-0.4, -0.2) is 20.4 Å². The number of carbonyl (C=O) groups is 1. The molecule has 3 aromatic rings. The molecule has 3 aromatic heterocycles. The maximum atomic E-state index is 12.1. The molecule has 3 heterocycles. The van der Waals surface area contributed by atoms with Crippen molar-refractivity contribution >= 4 is 5.91 Å². The Morgan fingerprint density at radius 1 is 1.38 bits per heavy atom. The minimum atomic E-state index is -0.194. The van der Waals surface area contributed by atoms with Crippen LogP contribution in [0.5, 0.6) is 0 Å². The van der Waals surface area contributed by atoms with Crippen molar-refractivity contribution in [3.8, 4) is 5.82 Å². The maximum absolute atomic E-state index is 12.1. The van der Waals surface area contributed by atoms with Gasteiger partial charge in [0.1, 0.15) is 17.9 Å². The van der Waals surface area contributed by atoms with E-state index in [1.807, 2.05) is 13.0 Å². The van der Waals surface area contributed by atoms with Gasteiger partial charge < -0.3 is 9.73 Å². The van der Waals surface area contributed by atoms with Crippen molar-refractivity contribution in [2.75, 3.05) is 0 Å². The zero-order valence-corrected chi connectivity index (χ0v) is 11.4. The second kappa shape index (κ2) is 5.62. The molecule has 0 bridgehead atoms. The first kappa shape index (κ1) is 13.1. The molecule has 1 amide bonds. The van der Waals surface area contributed by atoms with Crippen molar-refractivity contribution in [2.45, 2.75) is 13.0 Å². The fourth-order valence-corrected chi connectivity index (χ4v) is 1.96. The van der Waals surface area contributed by atoms with Crippen LogP contribution in [0.1, 0.15) is 29.1 Å². The van der Waals surface area contributed by atoms with E-state index in [1.54, 1.807) is 53.9 Å². The molecule has 21 heavy (non-hydrogen) atoms. The average Bonchev–Trinajstić information content (AvgIpc) is 3.20. The Morgan fingerprint density at radius 2 is 2.29 bits per heavy atom. The number of rotatable bonds is 4. The number of hydrogen-bond acceptors (Lipinski definition) is 4. The van der Waals surface area contributed by atoms with Crippen molar-refractivity contribution < 1.29 is 9.21 Å². The highest BCUT2D eigenvalue weighted by Gasteiger charge is 2.13. The SMILES string of the molecule is C[C@@H](NC(=O)c1ccc(-n2ccnc2)nc1)c1ccco1. The topological polar surface area (TPSA) is 73.0 Å². The van der Waals surface area contributed by atoms with E-state index in [-0.39, 0.29) is 11.9 Å². The van der Waals surface area contributed by atoms with Crippen molar-refractivity contribution in [3.63, 3.8) is 0 Å². The Kier molecular flexibility index (Phi) is 3.51. The Bertz CT molecular complexity index is 703. The lowest BCUT2D eigenvalue weighted by molar-refractivity contribution is 0.0935. The molecule has 0 saturated carbocycles. The molecule has 0 unspecified atom stereocenters. The molecule has 1 atom stereocenters. The molecule has 0 aromatic carbocycles. The highest BCUT2D eigenvalue weighted by molar-refractivity contribution is 5.94. The summed E-state index contributed by atoms with van der Waals surface area (Å²) < 4.78 is 7.03. The molecule has 6 heteroatoms. The molecule has 3 rings (SSSR count). The quantitative estimate of drug-likeness (QED) is 0.797. The lowest BCUT2D eigenvalue weighted by Gasteiger charge is -2.11. The fourth-order valence-electron chi connectivity index (χ4n) is 1.96. The largest absolute Gasteiger partial charge is 0.467 e. The fraction of sp³-hybridized carbons (Fsp3) is 0.133. The van der Waals surface area contributed by atoms with Crippen LogP contribution in [0.4, 0.5) is 0 Å². The third-order valence-electron chi connectivity index (χ3n) is 3.10. The van der Waals surface area contributed by atoms with Gasteiger partial charge in [-0.15, -0.1) is 0 Å². The van der Waals surface area contributed by atoms with Gasteiger partial charge in [-0.3, -0.25) is 9.36 Å². The number of aromatic nitrogens is 3. The number of nitrogens with zero attached hydrogens (tertiary/aromatic N) is 3. The minimum Gasteiger partial charge on any atom is -0.467 e. The normalized spacial score (nSPS) is 12.0. The van der Waals surface area contributed by atoms with Gasteiger partial charge in [-0.1, -0.05) is 0 Å². The molecule has 0 radical (unpaired) electrons. The zero-order valence-electron chi connectivity index (χ0n) is 11.4. The number of imidazole rings is 1. The summed E-state index contributed by atoms with van der Waals surface area (Å²) in [6.07, 6.45) is 8.24. The monoisotopic (exact) mass is 282 g/mol. The van der Waals surface area contributed by atoms with Gasteiger partial charge in [0.15, 0.2) is 0 Å². The highest BCUT2D eigenvalue weighted by Crippen LogP contribution is 2.13. The minimum absolute atomic E-state index is 0.191. The standard InChI is InChI=1S/C15H14N4O2/c1-11(13-3-2-8-21-13)18-15(20)12-4-5-14(17-9-12)19-7-6-16-10-19/h2-11H,1H3,(H,18,20)/t11-/m1/s1. The van der Waals surface area contributed by atoms with Gasteiger partial charge in [-0.2, -0.15) is 0 Å². The van der Waals surface area contributed by atoms with E-state index in [9.17, 15) is 4.79 Å². The van der Waals surface area contributed by atoms with Gasteiger partial charge >= 0.3 is 0 Å². The van der Waals surface area contributed by atoms with Crippen LogP contribution < -0.4 is 5.32 Å². The summed E-state index contributed by atoms with van der Waals surface area (Å²) in [5, 5.41) is 2.86. The molecule has 0 aliphatic carbocycles. The van der Waals surface area contributed by atoms with Gasteiger partial charge in [0.25, 0.3) is 5.91 Å². The van der Waals surface area contributed by atoms with Gasteiger partial charge in [0, 0.05) is 18.6 Å². The van der Waals surface area contributed by atoms with Gasteiger partial charge in [0.05, 0.1) is 17.9 Å². The number of pyridine rings is 1. The number of amides is 1. The summed E-state index contributed by atoms with van der Waals surface area (Å²) in [6.45, 7) is 1.87. The molecule has 0 aliphatic heterocycles. The molecular weight excluding hydrogens is 268 g/mol. The van der Waals surface area contributed by atoms with E-state index in [0.717, 1.165) is 0 Å². The van der Waals surface area contributed by atoms with Crippen molar-refractivity contribution in [2.24, 2.45) is 0 Å². The van der Waals surface area contributed by atoms with Crippen LogP contribution in [0.15, 0.2) is 59.9 Å². The van der Waals surface area contributed by atoms with E-state index >= 15 is 0 Å². The van der Waals surface area contributed by atoms with E-state index in [1.165, 1.54) is 0 Å². The van der Waals surface area contributed by atoms with E-state index in [0.29, 0.717) is 17.1 Å². The second-order valence-electron chi connectivity index (χ2n) is 4.59. The predicted octanol–water partition coefficient (Wildman–Crippen LogP) is 2.35. The molecule has 6 nitrogen and oxygen atoms in total. The van der Waals surface area contributed by atoms with Crippen molar-refractivity contribution in [3.05, 3.63) is 66.8 Å². The second-order valence-corrected chi connectivity index (χ2v) is 4.59. The van der Waals surface area contributed by atoms with E-state index in [4.69, 9.17) is 4.42 Å². The molecular formula is C15H14N4O2. The highest BCUT2D eigenvalue weighted by atomic mass is 16.3. The van der Waals surface area contributed by atoms with Gasteiger partial charge in [-0.05, 0) is 31.2 Å². The summed E-state index contributed by atoms with van der Waals surface area (Å²) in [5.74, 6) is 1.23. The first-order valence-corrected chi connectivity index (χ1v) is 6.52. The number of furan rings is 1. The van der Waals surface area contributed by atoms with E-state index in [2.05, 4.69) is 15.3 Å². The maximum Gasteiger partial charge on any atom is 0.253 e. The summed E-state index contributed by atoms with van der Waals surface area (Å²) in [5.41, 5.74) is 0.497. The third kappa shape index (κ3) is 2.84. The van der Waals surface area contributed by atoms with Crippen LogP contribution in [0.2, 0.25) is 0 Å². The predicted molar refractivity (Wildman–Crippen MR) is 75.9 cm³/mol. The van der Waals surface area contributed by atoms with Gasteiger partial charge in [-0.25, -0.2) is 9.97 Å². The smallest absolute Gasteiger partial charge is 0.253 e. The Balaban J connectivity index is 1.70. The van der Waals surface area contributed by atoms with Crippen LogP contribution in [0.3, 0.4) is 0 Å². The molecule has 0 aliphatic rings. The lowest BCUT2D eigenvalue weighted by atomic mass is 10.2. The number of carbonyl (C=O) groups excluding carboxylic acids is 1. The van der Waals surface area contributed by atoms with Crippen LogP contribution in [0.25, 0.3) is 5.82 Å². The molecule has 0 spiro atoms. The average molecular weight is 282 g/mol. The molecule has 0 fully saturated rings. The zero-order chi connectivity index (χ0) is 14.7. The number of nitrogens with one attached hydrogen (secondary N) is 1. The number of hydrogen-bond donors (Lipinski definition) is 1. The summed E-state index contributed by atoms with van der Waals surface area (Å²) in [4.78, 5) is 20.3. The van der Waals surface area contributed by atoms with Crippen LogP contribution in [-0.2, 0) is 0 Å². The van der Waals surface area contributed by atoms with Crippen molar-refractivity contribution in [1.29, 1.82) is 0 Å². The van der Waals surface area contributed by atoms with Crippen LogP contribution in [0, 0.1) is 0 Å². The van der Waals surface area contributed by atoms with Crippen molar-refractivity contribution in [1.82, 2.24) is 19.9 Å². The lowest BCUT2D eigenvalue weighted by Crippen LogP contribution is -2.26. The first-order chi connectivity index (χ1) is 10.2. The van der Waals surface area contributed by atoms with Gasteiger partial charge in [0.2, 0.25) is 0 Å². The molecule has 1 N–H and O–H groups in total. The Hall–Kier alpha value is -2.89. The summed E-state index contributed by atoms with van der Waals surface area (Å²) in [7, 11) is 0. The third-order valence-corrected chi connectivity index (χ3v) is 3.10. The Labute approximate surface area is 121 Å². The summed E-state index contributed by atoms with van der Waals surface area (Å²) >= 11 is 0. The molecule has 106 valence electrons. The first-order valence-electron chi connectivity index (χ1n) is 6.52. The summed E-state index contributed by atoms with van der Waals surface area (Å²) in [6, 6.07) is 6.92. The van der Waals surface area contributed by atoms with Crippen LogP contribution >= 0.6 is 0 Å².